The molecule has 5 N–H and O–H groups in total. The Morgan fingerprint density at radius 2 is 1.88 bits per heavy atom. The molecule has 172 valence electrons. The molecule has 0 spiro atoms. The monoisotopic (exact) mass is 451 g/mol. The van der Waals surface area contributed by atoms with Crippen LogP contribution >= 0.6 is 0 Å². The van der Waals surface area contributed by atoms with Crippen molar-refractivity contribution in [3.8, 4) is 11.4 Å². The number of carbonyl (C=O) groups excluding carboxylic acids is 2. The average Bonchev–Trinajstić information content (AvgIpc) is 3.45. The van der Waals surface area contributed by atoms with Gasteiger partial charge in [-0.3, -0.25) is 9.59 Å². The minimum absolute atomic E-state index is 0.117. The molecule has 1 saturated carbocycles. The molecule has 9 heteroatoms. The highest BCUT2D eigenvalue weighted by Gasteiger charge is 2.28. The molecule has 1 fully saturated rings. The van der Waals surface area contributed by atoms with Gasteiger partial charge in [0, 0.05) is 12.5 Å². The standard InChI is InChI=1S/C24H26FN5O3/c1-33-19-11-8-16(25)12-18(19)24(32)28-13-14-6-9-17(10-7-14)30-22(23(27)31)20(26)21(29-30)15-4-2-3-5-15/h6-12,15H,2-5,13,26H2,1H3,(H2,27,31)(H,28,32). The van der Waals surface area contributed by atoms with Gasteiger partial charge in [-0.2, -0.15) is 5.10 Å². The largest absolute Gasteiger partial charge is 0.496 e. The number of anilines is 1. The summed E-state index contributed by atoms with van der Waals surface area (Å²) in [7, 11) is 1.42. The van der Waals surface area contributed by atoms with Gasteiger partial charge in [-0.25, -0.2) is 9.07 Å². The first-order valence-electron chi connectivity index (χ1n) is 10.8. The first-order valence-corrected chi connectivity index (χ1v) is 10.8. The van der Waals surface area contributed by atoms with E-state index in [2.05, 4.69) is 10.4 Å². The van der Waals surface area contributed by atoms with Crippen LogP contribution in [0, 0.1) is 5.82 Å². The van der Waals surface area contributed by atoms with Crippen molar-refractivity contribution in [1.82, 2.24) is 15.1 Å². The molecule has 33 heavy (non-hydrogen) atoms. The fraction of sp³-hybridized carbons (Fsp3) is 0.292. The zero-order valence-electron chi connectivity index (χ0n) is 18.3. The summed E-state index contributed by atoms with van der Waals surface area (Å²) >= 11 is 0. The second-order valence-electron chi connectivity index (χ2n) is 8.10. The molecule has 2 aromatic carbocycles. The number of rotatable bonds is 7. The van der Waals surface area contributed by atoms with Crippen molar-refractivity contribution >= 4 is 17.5 Å². The summed E-state index contributed by atoms with van der Waals surface area (Å²) in [6.07, 6.45) is 4.22. The van der Waals surface area contributed by atoms with Crippen molar-refractivity contribution in [1.29, 1.82) is 0 Å². The normalized spacial score (nSPS) is 13.8. The van der Waals surface area contributed by atoms with Crippen LogP contribution in [0.2, 0.25) is 0 Å². The molecule has 0 radical (unpaired) electrons. The summed E-state index contributed by atoms with van der Waals surface area (Å²) in [5.74, 6) is -1.08. The number of benzene rings is 2. The molecule has 0 aliphatic heterocycles. The number of aromatic nitrogens is 2. The lowest BCUT2D eigenvalue weighted by atomic mass is 10.0. The van der Waals surface area contributed by atoms with Crippen LogP contribution in [0.5, 0.6) is 5.75 Å². The van der Waals surface area contributed by atoms with E-state index in [1.54, 1.807) is 24.3 Å². The molecule has 3 aromatic rings. The average molecular weight is 452 g/mol. The van der Waals surface area contributed by atoms with Gasteiger partial charge >= 0.3 is 0 Å². The molecule has 0 bridgehead atoms. The van der Waals surface area contributed by atoms with Gasteiger partial charge in [0.2, 0.25) is 0 Å². The van der Waals surface area contributed by atoms with Crippen molar-refractivity contribution in [3.63, 3.8) is 0 Å². The Morgan fingerprint density at radius 3 is 2.52 bits per heavy atom. The van der Waals surface area contributed by atoms with E-state index in [0.29, 0.717) is 11.4 Å². The molecular formula is C24H26FN5O3. The van der Waals surface area contributed by atoms with Crippen LogP contribution in [0.15, 0.2) is 42.5 Å². The minimum Gasteiger partial charge on any atom is -0.496 e. The summed E-state index contributed by atoms with van der Waals surface area (Å²) in [6, 6.07) is 10.9. The third kappa shape index (κ3) is 4.52. The number of nitrogen functional groups attached to an aromatic ring is 1. The number of nitrogens with two attached hydrogens (primary N) is 2. The van der Waals surface area contributed by atoms with Gasteiger partial charge in [-0.05, 0) is 48.7 Å². The van der Waals surface area contributed by atoms with Crippen LogP contribution < -0.4 is 21.5 Å². The third-order valence-corrected chi connectivity index (χ3v) is 5.97. The summed E-state index contributed by atoms with van der Waals surface area (Å²) < 4.78 is 20.2. The number of carbonyl (C=O) groups is 2. The predicted octanol–water partition coefficient (Wildman–Crippen LogP) is 3.29. The molecular weight excluding hydrogens is 425 g/mol. The number of nitrogens with zero attached hydrogens (tertiary/aromatic N) is 2. The third-order valence-electron chi connectivity index (χ3n) is 5.97. The van der Waals surface area contributed by atoms with Gasteiger partial charge in [-0.15, -0.1) is 0 Å². The molecule has 1 aliphatic carbocycles. The first kappa shape index (κ1) is 22.3. The van der Waals surface area contributed by atoms with Crippen molar-refractivity contribution in [2.75, 3.05) is 12.8 Å². The predicted molar refractivity (Wildman–Crippen MR) is 122 cm³/mol. The van der Waals surface area contributed by atoms with E-state index >= 15 is 0 Å². The van der Waals surface area contributed by atoms with Crippen LogP contribution in [0.4, 0.5) is 10.1 Å². The number of hydrogen-bond acceptors (Lipinski definition) is 5. The van der Waals surface area contributed by atoms with Crippen molar-refractivity contribution in [3.05, 3.63) is 70.8 Å². The SMILES string of the molecule is COc1ccc(F)cc1C(=O)NCc1ccc(-n2nc(C3CCCC3)c(N)c2C(N)=O)cc1. The second kappa shape index (κ2) is 9.32. The fourth-order valence-electron chi connectivity index (χ4n) is 4.26. The molecule has 0 atom stereocenters. The molecule has 1 aliphatic rings. The van der Waals surface area contributed by atoms with Crippen LogP contribution in [-0.2, 0) is 6.54 Å². The Kier molecular flexibility index (Phi) is 6.30. The first-order chi connectivity index (χ1) is 15.9. The second-order valence-corrected chi connectivity index (χ2v) is 8.10. The fourth-order valence-corrected chi connectivity index (χ4v) is 4.26. The zero-order chi connectivity index (χ0) is 23.5. The topological polar surface area (TPSA) is 125 Å². The Bertz CT molecular complexity index is 1180. The van der Waals surface area contributed by atoms with Gasteiger partial charge in [-0.1, -0.05) is 25.0 Å². The molecule has 0 unspecified atom stereocenters. The van der Waals surface area contributed by atoms with E-state index in [-0.39, 0.29) is 29.5 Å². The van der Waals surface area contributed by atoms with Gasteiger partial charge in [0.05, 0.1) is 29.7 Å². The quantitative estimate of drug-likeness (QED) is 0.508. The lowest BCUT2D eigenvalue weighted by Crippen LogP contribution is -2.23. The number of primary amides is 1. The Balaban J connectivity index is 1.52. The van der Waals surface area contributed by atoms with E-state index in [9.17, 15) is 14.0 Å². The van der Waals surface area contributed by atoms with Crippen molar-refractivity contribution in [2.45, 2.75) is 38.1 Å². The lowest BCUT2D eigenvalue weighted by Gasteiger charge is -2.10. The maximum atomic E-state index is 13.5. The van der Waals surface area contributed by atoms with Crippen LogP contribution in [0.3, 0.4) is 0 Å². The zero-order valence-corrected chi connectivity index (χ0v) is 18.3. The number of ether oxygens (including phenoxy) is 1. The minimum atomic E-state index is -0.635. The molecule has 1 aromatic heterocycles. The Labute approximate surface area is 190 Å². The summed E-state index contributed by atoms with van der Waals surface area (Å²) in [6.45, 7) is 0.218. The van der Waals surface area contributed by atoms with E-state index < -0.39 is 17.6 Å². The van der Waals surface area contributed by atoms with E-state index in [4.69, 9.17) is 16.2 Å². The highest BCUT2D eigenvalue weighted by Crippen LogP contribution is 2.37. The van der Waals surface area contributed by atoms with Gasteiger partial charge in [0.25, 0.3) is 11.8 Å². The molecule has 4 rings (SSSR count). The van der Waals surface area contributed by atoms with Crippen molar-refractivity contribution in [2.24, 2.45) is 5.73 Å². The molecule has 8 nitrogen and oxygen atoms in total. The van der Waals surface area contributed by atoms with E-state index in [1.807, 2.05) is 0 Å². The molecule has 0 saturated heterocycles. The van der Waals surface area contributed by atoms with E-state index in [1.165, 1.54) is 23.9 Å². The lowest BCUT2D eigenvalue weighted by molar-refractivity contribution is 0.0946. The number of nitrogens with one attached hydrogen (secondary N) is 1. The number of methoxy groups -OCH3 is 1. The number of halogens is 1. The molecule has 1 heterocycles. The van der Waals surface area contributed by atoms with Crippen LogP contribution in [-0.4, -0.2) is 28.7 Å². The van der Waals surface area contributed by atoms with Gasteiger partial charge in [0.1, 0.15) is 11.6 Å². The van der Waals surface area contributed by atoms with Crippen LogP contribution in [0.25, 0.3) is 5.69 Å². The van der Waals surface area contributed by atoms with Gasteiger partial charge < -0.3 is 21.5 Å². The maximum absolute atomic E-state index is 13.5. The van der Waals surface area contributed by atoms with E-state index in [0.717, 1.165) is 43.0 Å². The summed E-state index contributed by atoms with van der Waals surface area (Å²) in [4.78, 5) is 24.6. The summed E-state index contributed by atoms with van der Waals surface area (Å²) in [5, 5.41) is 7.38. The van der Waals surface area contributed by atoms with Crippen molar-refractivity contribution < 1.29 is 18.7 Å². The summed E-state index contributed by atoms with van der Waals surface area (Å²) in [5.41, 5.74) is 14.7. The smallest absolute Gasteiger partial charge is 0.269 e. The number of hydrogen-bond donors (Lipinski definition) is 3. The van der Waals surface area contributed by atoms with Gasteiger partial charge in [0.15, 0.2) is 5.69 Å². The highest BCUT2D eigenvalue weighted by atomic mass is 19.1. The molecule has 2 amide bonds. The number of amides is 2. The Morgan fingerprint density at radius 1 is 1.18 bits per heavy atom. The Hall–Kier alpha value is -3.88. The maximum Gasteiger partial charge on any atom is 0.269 e. The van der Waals surface area contributed by atoms with Crippen LogP contribution in [0.1, 0.15) is 63.7 Å². The highest BCUT2D eigenvalue weighted by molar-refractivity contribution is 5.98.